The zero-order valence-corrected chi connectivity index (χ0v) is 23.2. The number of ether oxygens (including phenoxy) is 3. The van der Waals surface area contributed by atoms with Crippen LogP contribution in [0, 0.1) is 0 Å². The van der Waals surface area contributed by atoms with Gasteiger partial charge in [0.1, 0.15) is 12.4 Å². The fraction of sp³-hybridized carbons (Fsp3) is 0.419. The lowest BCUT2D eigenvalue weighted by molar-refractivity contribution is -0.140. The van der Waals surface area contributed by atoms with Crippen molar-refractivity contribution in [2.45, 2.75) is 39.2 Å². The number of nitrogens with one attached hydrogen (secondary N) is 1. The molecule has 0 unspecified atom stereocenters. The fourth-order valence-corrected chi connectivity index (χ4v) is 5.38. The second-order valence-electron chi connectivity index (χ2n) is 11.1. The summed E-state index contributed by atoms with van der Waals surface area (Å²) in [6.07, 6.45) is 1.35. The van der Waals surface area contributed by atoms with Crippen LogP contribution in [0.1, 0.15) is 49.3 Å². The number of aromatic amines is 1. The van der Waals surface area contributed by atoms with Crippen LogP contribution in [0.3, 0.4) is 0 Å². The minimum atomic E-state index is -0.464. The first-order chi connectivity index (χ1) is 18.7. The second kappa shape index (κ2) is 11.2. The van der Waals surface area contributed by atoms with Crippen LogP contribution in [-0.4, -0.2) is 78.8 Å². The van der Waals surface area contributed by atoms with Gasteiger partial charge >= 0.3 is 5.97 Å². The van der Waals surface area contributed by atoms with Gasteiger partial charge in [0.15, 0.2) is 0 Å². The number of hydrogen-bond acceptors (Lipinski definition) is 6. The van der Waals surface area contributed by atoms with E-state index in [4.69, 9.17) is 14.2 Å². The van der Waals surface area contributed by atoms with E-state index in [2.05, 4.69) is 23.7 Å². The van der Waals surface area contributed by atoms with Crippen molar-refractivity contribution in [1.82, 2.24) is 14.8 Å². The van der Waals surface area contributed by atoms with E-state index >= 15 is 0 Å². The van der Waals surface area contributed by atoms with Crippen LogP contribution in [0.2, 0.25) is 0 Å². The highest BCUT2D eigenvalue weighted by Gasteiger charge is 2.37. The maximum absolute atomic E-state index is 13.9. The fourth-order valence-electron chi connectivity index (χ4n) is 5.38. The molecule has 0 saturated carbocycles. The maximum Gasteiger partial charge on any atom is 0.342 e. The lowest BCUT2D eigenvalue weighted by Gasteiger charge is -2.29. The highest BCUT2D eigenvalue weighted by molar-refractivity contribution is 6.18. The monoisotopic (exact) mass is 531 g/mol. The molecule has 8 heteroatoms. The highest BCUT2D eigenvalue weighted by atomic mass is 16.5. The average molecular weight is 532 g/mol. The Morgan fingerprint density at radius 2 is 1.85 bits per heavy atom. The molecule has 1 amide bonds. The SMILES string of the molecule is CC(C)OC(=O)C1=CN(C(=O)c2cccc(OCCN3CCOCC3)c2)CC(C)(C)c2c1[nH]c1ccccc21. The summed E-state index contributed by atoms with van der Waals surface area (Å²) in [5.74, 6) is -0.0256. The zero-order valence-electron chi connectivity index (χ0n) is 23.2. The number of esters is 1. The summed E-state index contributed by atoms with van der Waals surface area (Å²) < 4.78 is 17.0. The highest BCUT2D eigenvalue weighted by Crippen LogP contribution is 2.40. The molecule has 5 rings (SSSR count). The molecule has 8 nitrogen and oxygen atoms in total. The van der Waals surface area contributed by atoms with E-state index in [-0.39, 0.29) is 12.0 Å². The Morgan fingerprint density at radius 3 is 2.62 bits per heavy atom. The number of morpholine rings is 1. The Balaban J connectivity index is 1.44. The molecule has 1 aromatic heterocycles. The summed E-state index contributed by atoms with van der Waals surface area (Å²) in [7, 11) is 0. The standard InChI is InChI=1S/C31H37N3O5/c1-21(2)39-30(36)25-19-34(20-31(3,4)27-24-10-5-6-11-26(24)32-28(25)27)29(35)22-8-7-9-23(18-22)38-17-14-33-12-15-37-16-13-33/h5-11,18-19,21,32H,12-17,20H2,1-4H3. The average Bonchev–Trinajstić information content (AvgIpc) is 3.26. The number of fused-ring (bicyclic) bond motifs is 3. The Hall–Kier alpha value is -3.62. The molecule has 39 heavy (non-hydrogen) atoms. The lowest BCUT2D eigenvalue weighted by Crippen LogP contribution is -2.38. The number of aromatic nitrogens is 1. The van der Waals surface area contributed by atoms with Crippen molar-refractivity contribution in [3.8, 4) is 5.75 Å². The van der Waals surface area contributed by atoms with Gasteiger partial charge in [-0.1, -0.05) is 38.1 Å². The number of para-hydroxylation sites is 1. The first kappa shape index (κ1) is 27.0. The molecule has 206 valence electrons. The first-order valence-corrected chi connectivity index (χ1v) is 13.6. The van der Waals surface area contributed by atoms with E-state index in [9.17, 15) is 9.59 Å². The van der Waals surface area contributed by atoms with Crippen LogP contribution in [0.25, 0.3) is 16.5 Å². The molecule has 1 N–H and O–H groups in total. The van der Waals surface area contributed by atoms with Crippen molar-refractivity contribution in [3.63, 3.8) is 0 Å². The molecular weight excluding hydrogens is 494 g/mol. The van der Waals surface area contributed by atoms with Crippen molar-refractivity contribution in [3.05, 3.63) is 71.6 Å². The lowest BCUT2D eigenvalue weighted by atomic mass is 9.81. The van der Waals surface area contributed by atoms with E-state index < -0.39 is 11.4 Å². The Labute approximate surface area is 229 Å². The summed E-state index contributed by atoms with van der Waals surface area (Å²) in [5, 5.41) is 1.03. The minimum Gasteiger partial charge on any atom is -0.492 e. The van der Waals surface area contributed by atoms with Gasteiger partial charge in [-0.2, -0.15) is 0 Å². The summed E-state index contributed by atoms with van der Waals surface area (Å²) in [4.78, 5) is 34.6. The minimum absolute atomic E-state index is 0.203. The van der Waals surface area contributed by atoms with Crippen LogP contribution in [0.5, 0.6) is 5.75 Å². The molecule has 2 aliphatic rings. The summed E-state index contributed by atoms with van der Waals surface area (Å²) in [6.45, 7) is 12.9. The van der Waals surface area contributed by atoms with E-state index in [1.807, 2.05) is 50.2 Å². The number of H-pyrrole nitrogens is 1. The molecule has 1 fully saturated rings. The maximum atomic E-state index is 13.9. The number of rotatable bonds is 7. The molecule has 0 aliphatic carbocycles. The van der Waals surface area contributed by atoms with E-state index in [0.717, 1.165) is 49.3 Å². The van der Waals surface area contributed by atoms with Gasteiger partial charge in [0.25, 0.3) is 5.91 Å². The molecule has 0 atom stereocenters. The second-order valence-corrected chi connectivity index (χ2v) is 11.1. The topological polar surface area (TPSA) is 84.1 Å². The molecule has 2 aromatic carbocycles. The third kappa shape index (κ3) is 5.87. The number of carbonyl (C=O) groups is 2. The van der Waals surface area contributed by atoms with Crippen molar-refractivity contribution in [1.29, 1.82) is 0 Å². The normalized spacial score (nSPS) is 17.5. The molecule has 3 aromatic rings. The summed E-state index contributed by atoms with van der Waals surface area (Å²) in [6, 6.07) is 15.2. The number of nitrogens with zero attached hydrogens (tertiary/aromatic N) is 2. The molecular formula is C31H37N3O5. The van der Waals surface area contributed by atoms with Crippen LogP contribution in [-0.2, 0) is 19.7 Å². The van der Waals surface area contributed by atoms with Gasteiger partial charge in [-0.15, -0.1) is 0 Å². The van der Waals surface area contributed by atoms with Crippen molar-refractivity contribution in [2.24, 2.45) is 0 Å². The number of benzene rings is 2. The summed E-state index contributed by atoms with van der Waals surface area (Å²) >= 11 is 0. The van der Waals surface area contributed by atoms with E-state index in [0.29, 0.717) is 35.7 Å². The molecule has 3 heterocycles. The predicted molar refractivity (Wildman–Crippen MR) is 151 cm³/mol. The Bertz CT molecular complexity index is 1380. The van der Waals surface area contributed by atoms with E-state index in [1.54, 1.807) is 23.2 Å². The largest absolute Gasteiger partial charge is 0.492 e. The zero-order chi connectivity index (χ0) is 27.6. The smallest absolute Gasteiger partial charge is 0.342 e. The van der Waals surface area contributed by atoms with Gasteiger partial charge in [-0.3, -0.25) is 9.69 Å². The van der Waals surface area contributed by atoms with Crippen LogP contribution >= 0.6 is 0 Å². The van der Waals surface area contributed by atoms with Gasteiger partial charge in [0, 0.05) is 54.3 Å². The van der Waals surface area contributed by atoms with Gasteiger partial charge in [-0.05, 0) is 43.7 Å². The van der Waals surface area contributed by atoms with Crippen LogP contribution in [0.4, 0.5) is 0 Å². The van der Waals surface area contributed by atoms with Crippen molar-refractivity contribution >= 4 is 28.4 Å². The Kier molecular flexibility index (Phi) is 7.77. The van der Waals surface area contributed by atoms with Crippen molar-refractivity contribution < 1.29 is 23.8 Å². The number of amides is 1. The molecule has 0 radical (unpaired) electrons. The first-order valence-electron chi connectivity index (χ1n) is 13.6. The van der Waals surface area contributed by atoms with E-state index in [1.165, 1.54) is 0 Å². The van der Waals surface area contributed by atoms with Gasteiger partial charge in [0.05, 0.1) is 30.6 Å². The third-order valence-electron chi connectivity index (χ3n) is 7.19. The molecule has 0 spiro atoms. The van der Waals surface area contributed by atoms with Gasteiger partial charge in [-0.25, -0.2) is 4.79 Å². The Morgan fingerprint density at radius 1 is 1.08 bits per heavy atom. The molecule has 1 saturated heterocycles. The van der Waals surface area contributed by atoms with Crippen LogP contribution < -0.4 is 4.74 Å². The molecule has 0 bridgehead atoms. The quantitative estimate of drug-likeness (QED) is 0.449. The summed E-state index contributed by atoms with van der Waals surface area (Å²) in [5.41, 5.74) is 3.03. The predicted octanol–water partition coefficient (Wildman–Crippen LogP) is 4.61. The van der Waals surface area contributed by atoms with Crippen molar-refractivity contribution in [2.75, 3.05) is 46.0 Å². The number of hydrogen-bond donors (Lipinski definition) is 1. The van der Waals surface area contributed by atoms with Gasteiger partial charge < -0.3 is 24.1 Å². The van der Waals surface area contributed by atoms with Gasteiger partial charge in [0.2, 0.25) is 0 Å². The van der Waals surface area contributed by atoms with Crippen LogP contribution in [0.15, 0.2) is 54.7 Å². The molecule has 2 aliphatic heterocycles. The number of carbonyl (C=O) groups excluding carboxylic acids is 2. The third-order valence-corrected chi connectivity index (χ3v) is 7.19.